The number of benzene rings is 1. The van der Waals surface area contributed by atoms with Crippen molar-refractivity contribution in [3.8, 4) is 5.75 Å². The summed E-state index contributed by atoms with van der Waals surface area (Å²) in [4.78, 5) is 12.1. The van der Waals surface area contributed by atoms with Crippen LogP contribution >= 0.6 is 0 Å². The summed E-state index contributed by atoms with van der Waals surface area (Å²) in [6.45, 7) is 1.70. The van der Waals surface area contributed by atoms with Gasteiger partial charge in [-0.15, -0.1) is 0 Å². The van der Waals surface area contributed by atoms with Crippen LogP contribution in [0.2, 0.25) is 0 Å². The van der Waals surface area contributed by atoms with Crippen molar-refractivity contribution in [1.82, 2.24) is 0 Å². The molecule has 2 unspecified atom stereocenters. The van der Waals surface area contributed by atoms with Gasteiger partial charge in [-0.3, -0.25) is 4.79 Å². The van der Waals surface area contributed by atoms with E-state index in [1.165, 1.54) is 44.9 Å². The van der Waals surface area contributed by atoms with Crippen LogP contribution in [0.5, 0.6) is 5.75 Å². The summed E-state index contributed by atoms with van der Waals surface area (Å²) in [5.74, 6) is 0.321. The van der Waals surface area contributed by atoms with E-state index < -0.39 is 37.3 Å². The fraction of sp³-hybridized carbons (Fsp3) is 0.708. The Labute approximate surface area is 190 Å². The van der Waals surface area contributed by atoms with Crippen LogP contribution in [0.15, 0.2) is 24.3 Å². The Kier molecular flexibility index (Phi) is 12.0. The van der Waals surface area contributed by atoms with E-state index in [0.717, 1.165) is 12.8 Å². The van der Waals surface area contributed by atoms with Crippen LogP contribution in [0.25, 0.3) is 0 Å². The first-order valence-electron chi connectivity index (χ1n) is 11.8. The van der Waals surface area contributed by atoms with Crippen molar-refractivity contribution in [3.63, 3.8) is 0 Å². The van der Waals surface area contributed by atoms with E-state index in [1.54, 1.807) is 24.3 Å². The van der Waals surface area contributed by atoms with Crippen molar-refractivity contribution < 1.29 is 34.7 Å². The van der Waals surface area contributed by atoms with E-state index in [9.17, 15) is 25.2 Å². The minimum Gasteiger partial charge on any atom is -0.462 e. The number of rotatable bonds is 14. The first-order chi connectivity index (χ1) is 15.5. The minimum absolute atomic E-state index is 0.0319. The SMILES string of the molecule is CCCCCCCCCCCC(=O)Nc1ccc(O[C@@H]2OC(CO)[C@@H](O)[C@H](O)C2O)cc1. The molecule has 5 N–H and O–H groups in total. The fourth-order valence-electron chi connectivity index (χ4n) is 3.74. The third-order valence-corrected chi connectivity index (χ3v) is 5.75. The monoisotopic (exact) mass is 453 g/mol. The maximum absolute atomic E-state index is 12.1. The molecule has 1 heterocycles. The van der Waals surface area contributed by atoms with Gasteiger partial charge in [0, 0.05) is 12.1 Å². The van der Waals surface area contributed by atoms with Crippen molar-refractivity contribution in [2.24, 2.45) is 0 Å². The minimum atomic E-state index is -1.49. The molecule has 0 saturated carbocycles. The molecule has 0 bridgehead atoms. The van der Waals surface area contributed by atoms with Crippen molar-refractivity contribution in [2.75, 3.05) is 11.9 Å². The number of nitrogens with one attached hydrogen (secondary N) is 1. The van der Waals surface area contributed by atoms with Crippen LogP contribution in [0, 0.1) is 0 Å². The van der Waals surface area contributed by atoms with E-state index >= 15 is 0 Å². The lowest BCUT2D eigenvalue weighted by Gasteiger charge is -2.39. The van der Waals surface area contributed by atoms with Crippen LogP contribution in [0.4, 0.5) is 5.69 Å². The molecule has 8 heteroatoms. The van der Waals surface area contributed by atoms with Crippen molar-refractivity contribution in [1.29, 1.82) is 0 Å². The van der Waals surface area contributed by atoms with Crippen molar-refractivity contribution in [3.05, 3.63) is 24.3 Å². The van der Waals surface area contributed by atoms with Gasteiger partial charge in [0.2, 0.25) is 12.2 Å². The quantitative estimate of drug-likeness (QED) is 0.274. The zero-order valence-electron chi connectivity index (χ0n) is 19.0. The summed E-state index contributed by atoms with van der Waals surface area (Å²) < 4.78 is 10.9. The number of carbonyl (C=O) groups is 1. The summed E-state index contributed by atoms with van der Waals surface area (Å²) in [6.07, 6.45) is 4.67. The molecule has 1 aromatic carbocycles. The molecule has 8 nitrogen and oxygen atoms in total. The summed E-state index contributed by atoms with van der Waals surface area (Å²) in [7, 11) is 0. The average Bonchev–Trinajstić information content (AvgIpc) is 2.79. The normalized spacial score (nSPS) is 25.5. The highest BCUT2D eigenvalue weighted by atomic mass is 16.7. The predicted octanol–water partition coefficient (Wildman–Crippen LogP) is 2.72. The summed E-state index contributed by atoms with van der Waals surface area (Å²) in [5, 5.41) is 41.8. The number of unbranched alkanes of at least 4 members (excludes halogenated alkanes) is 8. The van der Waals surface area contributed by atoms with Crippen LogP contribution in [-0.2, 0) is 9.53 Å². The molecule has 1 fully saturated rings. The largest absolute Gasteiger partial charge is 0.462 e. The van der Waals surface area contributed by atoms with Crippen LogP contribution in [0.3, 0.4) is 0 Å². The zero-order valence-corrected chi connectivity index (χ0v) is 19.0. The number of anilines is 1. The van der Waals surface area contributed by atoms with Gasteiger partial charge in [0.25, 0.3) is 0 Å². The Bertz CT molecular complexity index is 652. The summed E-state index contributed by atoms with van der Waals surface area (Å²) in [6, 6.07) is 6.56. The highest BCUT2D eigenvalue weighted by Crippen LogP contribution is 2.25. The Morgan fingerprint density at radius 3 is 2.09 bits per heavy atom. The molecule has 1 aliphatic heterocycles. The highest BCUT2D eigenvalue weighted by Gasteiger charge is 2.44. The zero-order chi connectivity index (χ0) is 23.3. The van der Waals surface area contributed by atoms with Gasteiger partial charge in [-0.25, -0.2) is 0 Å². The summed E-state index contributed by atoms with van der Waals surface area (Å²) in [5.41, 5.74) is 0.632. The standard InChI is InChI=1S/C24H39NO7/c1-2-3-4-5-6-7-8-9-10-11-20(27)25-17-12-14-18(15-13-17)31-24-23(30)22(29)21(28)19(16-26)32-24/h12-15,19,21-24,26,28-30H,2-11,16H2,1H3,(H,25,27)/t19?,21-,22+,23?,24-/m1/s1. The molecule has 182 valence electrons. The average molecular weight is 454 g/mol. The molecular formula is C24H39NO7. The maximum atomic E-state index is 12.1. The van der Waals surface area contributed by atoms with Crippen LogP contribution in [-0.4, -0.2) is 63.6 Å². The molecule has 1 aromatic rings. The Morgan fingerprint density at radius 1 is 0.906 bits per heavy atom. The van der Waals surface area contributed by atoms with E-state index in [1.807, 2.05) is 0 Å². The third-order valence-electron chi connectivity index (χ3n) is 5.75. The molecule has 0 radical (unpaired) electrons. The van der Waals surface area contributed by atoms with Gasteiger partial charge < -0.3 is 35.2 Å². The van der Waals surface area contributed by atoms with Crippen molar-refractivity contribution in [2.45, 2.75) is 102 Å². The van der Waals surface area contributed by atoms with Gasteiger partial charge in [0.15, 0.2) is 0 Å². The second-order valence-corrected chi connectivity index (χ2v) is 8.47. The van der Waals surface area contributed by atoms with Crippen LogP contribution in [0.1, 0.15) is 71.1 Å². The fourth-order valence-corrected chi connectivity index (χ4v) is 3.74. The van der Waals surface area contributed by atoms with Gasteiger partial charge in [0.05, 0.1) is 6.61 Å². The lowest BCUT2D eigenvalue weighted by atomic mass is 9.99. The molecule has 5 atom stereocenters. The number of aliphatic hydroxyl groups is 4. The van der Waals surface area contributed by atoms with E-state index in [-0.39, 0.29) is 5.91 Å². The van der Waals surface area contributed by atoms with E-state index in [0.29, 0.717) is 17.9 Å². The molecule has 0 aromatic heterocycles. The predicted molar refractivity (Wildman–Crippen MR) is 121 cm³/mol. The third kappa shape index (κ3) is 8.67. The lowest BCUT2D eigenvalue weighted by Crippen LogP contribution is -2.60. The number of ether oxygens (including phenoxy) is 2. The van der Waals surface area contributed by atoms with Gasteiger partial charge in [-0.2, -0.15) is 0 Å². The first-order valence-corrected chi connectivity index (χ1v) is 11.8. The second kappa shape index (κ2) is 14.4. The summed E-state index contributed by atoms with van der Waals surface area (Å²) >= 11 is 0. The number of hydrogen-bond donors (Lipinski definition) is 5. The number of hydrogen-bond acceptors (Lipinski definition) is 7. The molecule has 1 amide bonds. The van der Waals surface area contributed by atoms with E-state index in [4.69, 9.17) is 9.47 Å². The molecule has 32 heavy (non-hydrogen) atoms. The van der Waals surface area contributed by atoms with E-state index in [2.05, 4.69) is 12.2 Å². The van der Waals surface area contributed by atoms with Gasteiger partial charge in [0.1, 0.15) is 30.2 Å². The topological polar surface area (TPSA) is 128 Å². The van der Waals surface area contributed by atoms with Gasteiger partial charge in [-0.05, 0) is 30.7 Å². The second-order valence-electron chi connectivity index (χ2n) is 8.47. The molecule has 0 aliphatic carbocycles. The Hall–Kier alpha value is -1.71. The van der Waals surface area contributed by atoms with Crippen LogP contribution < -0.4 is 10.1 Å². The molecular weight excluding hydrogens is 414 g/mol. The molecule has 1 saturated heterocycles. The maximum Gasteiger partial charge on any atom is 0.229 e. The molecule has 1 aliphatic rings. The smallest absolute Gasteiger partial charge is 0.229 e. The lowest BCUT2D eigenvalue weighted by molar-refractivity contribution is -0.277. The number of aliphatic hydroxyl groups excluding tert-OH is 4. The Morgan fingerprint density at radius 2 is 1.50 bits per heavy atom. The van der Waals surface area contributed by atoms with Gasteiger partial charge >= 0.3 is 0 Å². The molecule has 2 rings (SSSR count). The highest BCUT2D eigenvalue weighted by molar-refractivity contribution is 5.90. The first kappa shape index (κ1) is 26.5. The number of amides is 1. The number of carbonyl (C=O) groups excluding carboxylic acids is 1. The van der Waals surface area contributed by atoms with Crippen molar-refractivity contribution >= 4 is 11.6 Å². The molecule has 0 spiro atoms. The Balaban J connectivity index is 1.67. The van der Waals surface area contributed by atoms with Gasteiger partial charge in [-0.1, -0.05) is 58.3 Å².